The van der Waals surface area contributed by atoms with Crippen LogP contribution in [0.5, 0.6) is 5.75 Å². The van der Waals surface area contributed by atoms with E-state index in [1.165, 1.54) is 0 Å². The topological polar surface area (TPSA) is 66.8 Å². The number of halogens is 1. The van der Waals surface area contributed by atoms with E-state index in [0.29, 0.717) is 18.7 Å². The first-order valence-electron chi connectivity index (χ1n) is 6.45. The van der Waals surface area contributed by atoms with Crippen LogP contribution < -0.4 is 4.74 Å². The lowest BCUT2D eigenvalue weighted by atomic mass is 9.98. The van der Waals surface area contributed by atoms with Gasteiger partial charge in [-0.2, -0.15) is 0 Å². The highest BCUT2D eigenvalue weighted by Gasteiger charge is 2.28. The van der Waals surface area contributed by atoms with Gasteiger partial charge in [0.2, 0.25) is 0 Å². The van der Waals surface area contributed by atoms with Crippen LogP contribution >= 0.6 is 15.9 Å². The van der Waals surface area contributed by atoms with Gasteiger partial charge in [-0.05, 0) is 37.1 Å². The Hall–Kier alpha value is -1.56. The lowest BCUT2D eigenvalue weighted by molar-refractivity contribution is -0.146. The van der Waals surface area contributed by atoms with Gasteiger partial charge < -0.3 is 14.7 Å². The van der Waals surface area contributed by atoms with Crippen molar-refractivity contribution < 1.29 is 19.4 Å². The molecular formula is C14H16BrNO4. The minimum Gasteiger partial charge on any atom is -0.484 e. The Kier molecular flexibility index (Phi) is 5.00. The van der Waals surface area contributed by atoms with E-state index >= 15 is 0 Å². The molecule has 0 bridgehead atoms. The maximum Gasteiger partial charge on any atom is 0.308 e. The maximum absolute atomic E-state index is 12.0. The molecule has 1 heterocycles. The number of carboxylic acids is 1. The van der Waals surface area contributed by atoms with Gasteiger partial charge in [0.25, 0.3) is 5.91 Å². The third-order valence-electron chi connectivity index (χ3n) is 3.30. The van der Waals surface area contributed by atoms with Crippen molar-refractivity contribution in [2.45, 2.75) is 12.8 Å². The van der Waals surface area contributed by atoms with Crippen LogP contribution in [0.2, 0.25) is 0 Å². The highest BCUT2D eigenvalue weighted by molar-refractivity contribution is 9.10. The van der Waals surface area contributed by atoms with Gasteiger partial charge in [-0.25, -0.2) is 0 Å². The first kappa shape index (κ1) is 14.8. The van der Waals surface area contributed by atoms with Gasteiger partial charge in [0.05, 0.1) is 5.92 Å². The van der Waals surface area contributed by atoms with Gasteiger partial charge in [0.15, 0.2) is 6.61 Å². The summed E-state index contributed by atoms with van der Waals surface area (Å²) >= 11 is 3.32. The minimum absolute atomic E-state index is 0.0615. The average molecular weight is 342 g/mol. The van der Waals surface area contributed by atoms with Crippen molar-refractivity contribution in [2.75, 3.05) is 19.7 Å². The molecule has 1 atom stereocenters. The van der Waals surface area contributed by atoms with Crippen molar-refractivity contribution in [3.8, 4) is 5.75 Å². The summed E-state index contributed by atoms with van der Waals surface area (Å²) in [5, 5.41) is 9.00. The Morgan fingerprint density at radius 2 is 2.05 bits per heavy atom. The average Bonchev–Trinajstić information content (AvgIpc) is 2.46. The van der Waals surface area contributed by atoms with Crippen LogP contribution in [0.3, 0.4) is 0 Å². The van der Waals surface area contributed by atoms with E-state index in [9.17, 15) is 9.59 Å². The van der Waals surface area contributed by atoms with E-state index in [2.05, 4.69) is 15.9 Å². The zero-order valence-electron chi connectivity index (χ0n) is 10.9. The van der Waals surface area contributed by atoms with Crippen molar-refractivity contribution in [2.24, 2.45) is 5.92 Å². The summed E-state index contributed by atoms with van der Waals surface area (Å²) < 4.78 is 6.35. The molecule has 108 valence electrons. The third kappa shape index (κ3) is 3.96. The third-order valence-corrected chi connectivity index (χ3v) is 3.83. The molecule has 0 spiro atoms. The van der Waals surface area contributed by atoms with E-state index in [1.54, 1.807) is 17.0 Å². The smallest absolute Gasteiger partial charge is 0.308 e. The number of carboxylic acid groups (broad SMARTS) is 1. The molecule has 0 unspecified atom stereocenters. The Balaban J connectivity index is 1.85. The number of carbonyl (C=O) groups excluding carboxylic acids is 1. The summed E-state index contributed by atoms with van der Waals surface area (Å²) in [5.41, 5.74) is 0. The maximum atomic E-state index is 12.0. The lowest BCUT2D eigenvalue weighted by Crippen LogP contribution is -2.44. The van der Waals surface area contributed by atoms with Crippen LogP contribution in [0.25, 0.3) is 0 Å². The molecular weight excluding hydrogens is 326 g/mol. The monoisotopic (exact) mass is 341 g/mol. The first-order valence-corrected chi connectivity index (χ1v) is 7.24. The number of aliphatic carboxylic acids is 1. The largest absolute Gasteiger partial charge is 0.484 e. The highest BCUT2D eigenvalue weighted by Crippen LogP contribution is 2.18. The molecule has 6 heteroatoms. The predicted octanol–water partition coefficient (Wildman–Crippen LogP) is 2.15. The van der Waals surface area contributed by atoms with Crippen molar-refractivity contribution >= 4 is 27.8 Å². The Labute approximate surface area is 125 Å². The Morgan fingerprint density at radius 1 is 1.35 bits per heavy atom. The van der Waals surface area contributed by atoms with Gasteiger partial charge in [-0.3, -0.25) is 9.59 Å². The molecule has 0 radical (unpaired) electrons. The summed E-state index contributed by atoms with van der Waals surface area (Å²) in [4.78, 5) is 24.5. The standard InChI is InChI=1S/C14H16BrNO4/c15-11-3-5-12(6-4-11)20-9-13(17)16-7-1-2-10(8-16)14(18)19/h3-6,10H,1-2,7-9H2,(H,18,19)/t10-/m1/s1. The fourth-order valence-electron chi connectivity index (χ4n) is 2.17. The van der Waals surface area contributed by atoms with Gasteiger partial charge in [0.1, 0.15) is 5.75 Å². The number of hydrogen-bond acceptors (Lipinski definition) is 3. The number of nitrogens with zero attached hydrogens (tertiary/aromatic N) is 1. The Bertz CT molecular complexity index is 488. The van der Waals surface area contributed by atoms with Crippen LogP contribution in [0.1, 0.15) is 12.8 Å². The van der Waals surface area contributed by atoms with Gasteiger partial charge >= 0.3 is 5.97 Å². The fraction of sp³-hybridized carbons (Fsp3) is 0.429. The van der Waals surface area contributed by atoms with Crippen LogP contribution in [0.4, 0.5) is 0 Å². The number of hydrogen-bond donors (Lipinski definition) is 1. The molecule has 0 aliphatic carbocycles. The number of ether oxygens (including phenoxy) is 1. The molecule has 5 nitrogen and oxygen atoms in total. The summed E-state index contributed by atoms with van der Waals surface area (Å²) in [6.07, 6.45) is 1.35. The van der Waals surface area contributed by atoms with E-state index in [-0.39, 0.29) is 19.1 Å². The SMILES string of the molecule is O=C(O)[C@@H]1CCCN(C(=O)COc2ccc(Br)cc2)C1. The van der Waals surface area contributed by atoms with Gasteiger partial charge in [-0.1, -0.05) is 15.9 Å². The highest BCUT2D eigenvalue weighted by atomic mass is 79.9. The quantitative estimate of drug-likeness (QED) is 0.911. The van der Waals surface area contributed by atoms with Crippen molar-refractivity contribution in [3.63, 3.8) is 0 Å². The number of amides is 1. The number of benzene rings is 1. The van der Waals surface area contributed by atoms with Crippen molar-refractivity contribution in [1.82, 2.24) is 4.90 Å². The second kappa shape index (κ2) is 6.74. The molecule has 1 aromatic carbocycles. The molecule has 1 aromatic rings. The predicted molar refractivity (Wildman–Crippen MR) is 76.6 cm³/mol. The molecule has 1 aliphatic heterocycles. The molecule has 1 saturated heterocycles. The number of likely N-dealkylation sites (tertiary alicyclic amines) is 1. The molecule has 1 amide bonds. The van der Waals surface area contributed by atoms with Crippen LogP contribution in [-0.2, 0) is 9.59 Å². The van der Waals surface area contributed by atoms with Gasteiger partial charge in [0, 0.05) is 17.6 Å². The minimum atomic E-state index is -0.837. The molecule has 1 aliphatic rings. The molecule has 1 fully saturated rings. The summed E-state index contributed by atoms with van der Waals surface area (Å²) in [5.74, 6) is -0.844. The van der Waals surface area contributed by atoms with Crippen LogP contribution in [0.15, 0.2) is 28.7 Å². The molecule has 0 saturated carbocycles. The molecule has 2 rings (SSSR count). The van der Waals surface area contributed by atoms with E-state index in [4.69, 9.17) is 9.84 Å². The van der Waals surface area contributed by atoms with Crippen molar-refractivity contribution in [1.29, 1.82) is 0 Å². The molecule has 20 heavy (non-hydrogen) atoms. The van der Waals surface area contributed by atoms with Crippen LogP contribution in [-0.4, -0.2) is 41.6 Å². The zero-order chi connectivity index (χ0) is 14.5. The van der Waals surface area contributed by atoms with E-state index in [0.717, 1.165) is 10.9 Å². The molecule has 0 aromatic heterocycles. The number of rotatable bonds is 4. The molecule has 1 N–H and O–H groups in total. The lowest BCUT2D eigenvalue weighted by Gasteiger charge is -2.30. The Morgan fingerprint density at radius 3 is 2.70 bits per heavy atom. The first-order chi connectivity index (χ1) is 9.56. The van der Waals surface area contributed by atoms with Crippen molar-refractivity contribution in [3.05, 3.63) is 28.7 Å². The van der Waals surface area contributed by atoms with E-state index < -0.39 is 11.9 Å². The number of piperidine rings is 1. The summed E-state index contributed by atoms with van der Waals surface area (Å²) in [7, 11) is 0. The second-order valence-electron chi connectivity index (χ2n) is 4.76. The number of carbonyl (C=O) groups is 2. The van der Waals surface area contributed by atoms with Gasteiger partial charge in [-0.15, -0.1) is 0 Å². The zero-order valence-corrected chi connectivity index (χ0v) is 12.5. The summed E-state index contributed by atoms with van der Waals surface area (Å²) in [6, 6.07) is 7.21. The second-order valence-corrected chi connectivity index (χ2v) is 5.68. The fourth-order valence-corrected chi connectivity index (χ4v) is 2.44. The summed E-state index contributed by atoms with van der Waals surface area (Å²) in [6.45, 7) is 0.818. The normalized spacial score (nSPS) is 18.6. The van der Waals surface area contributed by atoms with E-state index in [1.807, 2.05) is 12.1 Å². The van der Waals surface area contributed by atoms with Crippen LogP contribution in [0, 0.1) is 5.92 Å².